The van der Waals surface area contributed by atoms with Crippen molar-refractivity contribution in [2.75, 3.05) is 26.9 Å². The maximum absolute atomic E-state index is 11.8. The summed E-state index contributed by atoms with van der Waals surface area (Å²) < 4.78 is 4.83. The van der Waals surface area contributed by atoms with Crippen LogP contribution in [0.5, 0.6) is 0 Å². The second kappa shape index (κ2) is 26.8. The van der Waals surface area contributed by atoms with E-state index in [1.54, 1.807) is 4.90 Å². The third kappa shape index (κ3) is 33.6. The number of amides is 3. The van der Waals surface area contributed by atoms with Gasteiger partial charge >= 0.3 is 6.03 Å². The Bertz CT molecular complexity index is 388. The lowest BCUT2D eigenvalue weighted by Gasteiger charge is -2.21. The van der Waals surface area contributed by atoms with Crippen LogP contribution in [0.4, 0.5) is 4.79 Å². The van der Waals surface area contributed by atoms with Gasteiger partial charge in [0.2, 0.25) is 0 Å². The molecule has 0 aromatic rings. The lowest BCUT2D eigenvalue weighted by Crippen LogP contribution is -2.35. The van der Waals surface area contributed by atoms with Crippen LogP contribution in [0.15, 0.2) is 0 Å². The molecule has 0 saturated carbocycles. The lowest BCUT2D eigenvalue weighted by atomic mass is 9.90. The molecule has 198 valence electrons. The number of urea groups is 1. The summed E-state index contributed by atoms with van der Waals surface area (Å²) in [6, 6.07) is -0.231. The molecule has 0 atom stereocenters. The van der Waals surface area contributed by atoms with Gasteiger partial charge in [0.15, 0.2) is 0 Å². The quantitative estimate of drug-likeness (QED) is 0.296. The molecular formula is C23H62N2O5Si. The predicted molar refractivity (Wildman–Crippen MR) is 147 cm³/mol. The minimum Gasteiger partial charge on any atom is -0.364 e. The topological polar surface area (TPSA) is 84.0 Å². The molecule has 0 bridgehead atoms. The first-order valence-corrected chi connectivity index (χ1v) is 12.1. The number of methoxy groups -OCH3 is 1. The fourth-order valence-electron chi connectivity index (χ4n) is 1.82. The normalized spacial score (nSPS) is 11.5. The lowest BCUT2D eigenvalue weighted by molar-refractivity contribution is -0.128. The van der Waals surface area contributed by atoms with Gasteiger partial charge in [-0.2, -0.15) is 0 Å². The average molecular weight is 475 g/mol. The second-order valence-corrected chi connectivity index (χ2v) is 14.6. The largest absolute Gasteiger partial charge is 0.364 e. The molecule has 0 unspecified atom stereocenters. The van der Waals surface area contributed by atoms with Crippen LogP contribution in [0, 0.1) is 15.3 Å². The Morgan fingerprint density at radius 2 is 1.23 bits per heavy atom. The maximum Gasteiger partial charge on any atom is 0.329 e. The fourth-order valence-corrected chi connectivity index (χ4v) is 1.82. The molecule has 1 rings (SSSR count). The highest BCUT2D eigenvalue weighted by Crippen LogP contribution is 2.21. The Labute approximate surface area is 198 Å². The van der Waals surface area contributed by atoms with Crippen molar-refractivity contribution in [2.24, 2.45) is 5.41 Å². The van der Waals surface area contributed by atoms with Crippen LogP contribution in [-0.2, 0) is 9.53 Å². The van der Waals surface area contributed by atoms with Crippen molar-refractivity contribution in [3.05, 3.63) is 9.93 Å². The van der Waals surface area contributed by atoms with Gasteiger partial charge in [0.25, 0.3) is 5.91 Å². The molecule has 1 fully saturated rings. The van der Waals surface area contributed by atoms with Gasteiger partial charge in [-0.1, -0.05) is 98.9 Å². The first kappa shape index (κ1) is 57.1. The third-order valence-electron chi connectivity index (χ3n) is 2.74. The number of hydrogen-bond donors (Lipinski definition) is 0. The van der Waals surface area contributed by atoms with Crippen molar-refractivity contribution in [2.45, 2.75) is 112 Å². The number of nitrogens with zero attached hydrogens (tertiary/aromatic N) is 2. The molecule has 0 aromatic carbocycles. The predicted octanol–water partition coefficient (Wildman–Crippen LogP) is 8.15. The van der Waals surface area contributed by atoms with Gasteiger partial charge in [-0.15, -0.1) is 0 Å². The van der Waals surface area contributed by atoms with Crippen molar-refractivity contribution in [3.8, 4) is 0 Å². The van der Waals surface area contributed by atoms with E-state index in [9.17, 15) is 9.59 Å². The molecule has 1 heterocycles. The SMILES string of the molecule is C.C.C.C.C.C.C.COCN1C(=O)CN(CCCC(C)(C)C)C1=O.C[Si](C)(C)C.O=O. The van der Waals surface area contributed by atoms with E-state index in [1.807, 2.05) is 0 Å². The highest BCUT2D eigenvalue weighted by atomic mass is 28.3. The van der Waals surface area contributed by atoms with Gasteiger partial charge in [-0.05, 0) is 18.3 Å². The molecule has 0 spiro atoms. The van der Waals surface area contributed by atoms with Crippen molar-refractivity contribution >= 4 is 20.0 Å². The minimum absolute atomic E-state index is 0. The van der Waals surface area contributed by atoms with E-state index in [2.05, 4.69) is 47.0 Å². The van der Waals surface area contributed by atoms with E-state index in [4.69, 9.17) is 14.7 Å². The Morgan fingerprint density at radius 3 is 1.52 bits per heavy atom. The number of carbonyl (C=O) groups excluding carboxylic acids is 2. The van der Waals surface area contributed by atoms with Gasteiger partial charge in [-0.3, -0.25) is 4.79 Å². The summed E-state index contributed by atoms with van der Waals surface area (Å²) in [4.78, 5) is 40.1. The Kier molecular flexibility index (Phi) is 49.3. The third-order valence-corrected chi connectivity index (χ3v) is 2.74. The standard InChI is InChI=1S/C12H22N2O3.C4H12Si.7CH4.O2/c1-12(2,3)6-5-7-13-8-10(15)14(9-17-4)11(13)16;1-5(2,3)4;;;;;;;;1-2/h5-9H2,1-4H3;1-4H3;7*1H4;. The summed E-state index contributed by atoms with van der Waals surface area (Å²) >= 11 is 0. The van der Waals surface area contributed by atoms with E-state index in [0.29, 0.717) is 6.54 Å². The zero-order valence-corrected chi connectivity index (χ0v) is 17.5. The molecule has 7 nitrogen and oxygen atoms in total. The number of ether oxygens (including phenoxy) is 1. The van der Waals surface area contributed by atoms with Crippen molar-refractivity contribution in [3.63, 3.8) is 0 Å². The molecule has 1 aliphatic heterocycles. The van der Waals surface area contributed by atoms with Gasteiger partial charge in [-0.25, -0.2) is 9.69 Å². The molecule has 0 aromatic heterocycles. The van der Waals surface area contributed by atoms with E-state index >= 15 is 0 Å². The van der Waals surface area contributed by atoms with Gasteiger partial charge in [0, 0.05) is 31.7 Å². The summed E-state index contributed by atoms with van der Waals surface area (Å²) in [5.74, 6) is -0.174. The Morgan fingerprint density at radius 1 is 0.871 bits per heavy atom. The van der Waals surface area contributed by atoms with E-state index in [0.717, 1.165) is 17.7 Å². The summed E-state index contributed by atoms with van der Waals surface area (Å²) in [6.07, 6.45) is 1.96. The highest BCUT2D eigenvalue weighted by Gasteiger charge is 2.35. The van der Waals surface area contributed by atoms with E-state index in [1.165, 1.54) is 7.11 Å². The molecule has 1 aliphatic rings. The number of rotatable bonds is 5. The van der Waals surface area contributed by atoms with Crippen LogP contribution >= 0.6 is 0 Å². The van der Waals surface area contributed by atoms with Crippen molar-refractivity contribution < 1.29 is 14.3 Å². The summed E-state index contributed by atoms with van der Waals surface area (Å²) in [5, 5.41) is 0. The summed E-state index contributed by atoms with van der Waals surface area (Å²) in [5.41, 5.74) is 0.263. The fraction of sp³-hybridized carbons (Fsp3) is 0.913. The van der Waals surface area contributed by atoms with E-state index < -0.39 is 8.07 Å². The van der Waals surface area contributed by atoms with Crippen LogP contribution in [0.1, 0.15) is 85.6 Å². The van der Waals surface area contributed by atoms with Crippen LogP contribution in [0.2, 0.25) is 26.2 Å². The van der Waals surface area contributed by atoms with Crippen molar-refractivity contribution in [1.82, 2.24) is 9.80 Å². The van der Waals surface area contributed by atoms with Gasteiger partial charge in [0.1, 0.15) is 13.3 Å². The Hall–Kier alpha value is -1.28. The molecule has 0 aliphatic carbocycles. The number of imide groups is 1. The average Bonchev–Trinajstić information content (AvgIpc) is 2.66. The van der Waals surface area contributed by atoms with Crippen LogP contribution in [0.3, 0.4) is 0 Å². The molecular weight excluding hydrogens is 412 g/mol. The molecule has 3 amide bonds. The van der Waals surface area contributed by atoms with Gasteiger partial charge in [0.05, 0.1) is 0 Å². The first-order chi connectivity index (χ1) is 10.8. The molecule has 8 heteroatoms. The van der Waals surface area contributed by atoms with Gasteiger partial charge < -0.3 is 9.64 Å². The number of hydrogen-bond acceptors (Lipinski definition) is 5. The van der Waals surface area contributed by atoms with Crippen LogP contribution in [-0.4, -0.2) is 56.7 Å². The maximum atomic E-state index is 11.8. The van der Waals surface area contributed by atoms with Crippen molar-refractivity contribution in [1.29, 1.82) is 0 Å². The summed E-state index contributed by atoms with van der Waals surface area (Å²) in [6.45, 7) is 16.7. The smallest absolute Gasteiger partial charge is 0.329 e. The molecule has 0 radical (unpaired) electrons. The first-order valence-electron chi connectivity index (χ1n) is 8.10. The zero-order chi connectivity index (χ0) is 19.6. The minimum atomic E-state index is -0.611. The van der Waals surface area contributed by atoms with Crippen LogP contribution in [0.25, 0.3) is 0 Å². The van der Waals surface area contributed by atoms with Crippen LogP contribution < -0.4 is 0 Å². The molecule has 0 N–H and O–H groups in total. The zero-order valence-electron chi connectivity index (χ0n) is 16.5. The number of carbonyl (C=O) groups is 2. The molecule has 31 heavy (non-hydrogen) atoms. The molecule has 1 saturated heterocycles. The monoisotopic (exact) mass is 474 g/mol. The Balaban J connectivity index is -0.0000000441. The second-order valence-electron chi connectivity index (χ2n) is 8.61. The van der Waals surface area contributed by atoms with E-state index in [-0.39, 0.29) is 82.6 Å². The highest BCUT2D eigenvalue weighted by molar-refractivity contribution is 6.74. The summed E-state index contributed by atoms with van der Waals surface area (Å²) in [7, 11) is 0.864.